The zero-order valence-electron chi connectivity index (χ0n) is 16.0. The summed E-state index contributed by atoms with van der Waals surface area (Å²) in [5.41, 5.74) is 0. The van der Waals surface area contributed by atoms with Crippen LogP contribution >= 0.6 is 24.0 Å². The van der Waals surface area contributed by atoms with E-state index in [1.54, 1.807) is 7.11 Å². The molecule has 0 aliphatic rings. The van der Waals surface area contributed by atoms with Crippen LogP contribution in [0.4, 0.5) is 0 Å². The van der Waals surface area contributed by atoms with Crippen LogP contribution in [0.15, 0.2) is 35.3 Å². The van der Waals surface area contributed by atoms with Crippen molar-refractivity contribution in [3.05, 3.63) is 30.3 Å². The number of nitrogens with zero attached hydrogens (tertiary/aromatic N) is 1. The minimum absolute atomic E-state index is 0. The highest BCUT2D eigenvalue weighted by Crippen LogP contribution is 2.08. The number of hydrogen-bond donors (Lipinski definition) is 2. The lowest BCUT2D eigenvalue weighted by Crippen LogP contribution is -2.38. The van der Waals surface area contributed by atoms with Crippen LogP contribution in [0.1, 0.15) is 26.2 Å². The summed E-state index contributed by atoms with van der Waals surface area (Å²) in [6.45, 7) is 7.32. The average Bonchev–Trinajstić information content (AvgIpc) is 2.64. The maximum atomic E-state index is 5.67. The van der Waals surface area contributed by atoms with Gasteiger partial charge in [-0.25, -0.2) is 0 Å². The van der Waals surface area contributed by atoms with E-state index in [0.717, 1.165) is 57.2 Å². The van der Waals surface area contributed by atoms with Crippen molar-refractivity contribution in [3.8, 4) is 5.75 Å². The number of nitrogens with one attached hydrogen (secondary N) is 2. The molecule has 7 heteroatoms. The zero-order valence-corrected chi connectivity index (χ0v) is 18.4. The molecule has 26 heavy (non-hydrogen) atoms. The fraction of sp³-hybridized carbons (Fsp3) is 0.632. The summed E-state index contributed by atoms with van der Waals surface area (Å²) in [5.74, 6) is 1.77. The number of unbranched alkanes of at least 4 members (excludes halogenated alkanes) is 1. The Morgan fingerprint density at radius 2 is 1.77 bits per heavy atom. The first-order valence-electron chi connectivity index (χ1n) is 9.13. The van der Waals surface area contributed by atoms with Gasteiger partial charge >= 0.3 is 0 Å². The molecule has 0 spiro atoms. The van der Waals surface area contributed by atoms with Gasteiger partial charge in [0.25, 0.3) is 0 Å². The summed E-state index contributed by atoms with van der Waals surface area (Å²) in [6, 6.07) is 9.87. The summed E-state index contributed by atoms with van der Waals surface area (Å²) in [7, 11) is 1.68. The van der Waals surface area contributed by atoms with E-state index in [-0.39, 0.29) is 24.0 Å². The Balaban J connectivity index is 0.00000625. The van der Waals surface area contributed by atoms with E-state index in [2.05, 4.69) is 22.5 Å². The van der Waals surface area contributed by atoms with Crippen molar-refractivity contribution in [1.82, 2.24) is 10.6 Å². The highest BCUT2D eigenvalue weighted by atomic mass is 127. The van der Waals surface area contributed by atoms with Crippen molar-refractivity contribution < 1.29 is 14.2 Å². The molecular weight excluding hydrogens is 445 g/mol. The van der Waals surface area contributed by atoms with Crippen LogP contribution in [0.3, 0.4) is 0 Å². The molecule has 1 rings (SSSR count). The van der Waals surface area contributed by atoms with E-state index in [1.807, 2.05) is 30.3 Å². The first-order valence-corrected chi connectivity index (χ1v) is 9.13. The summed E-state index contributed by atoms with van der Waals surface area (Å²) >= 11 is 0. The Bertz CT molecular complexity index is 447. The molecule has 150 valence electrons. The SMILES string of the molecule is CCNC(=NCCCOc1ccccc1)NCCCCOCCOC.I. The summed E-state index contributed by atoms with van der Waals surface area (Å²) in [4.78, 5) is 4.57. The second-order valence-corrected chi connectivity index (χ2v) is 5.51. The van der Waals surface area contributed by atoms with Crippen molar-refractivity contribution in [1.29, 1.82) is 0 Å². The number of ether oxygens (including phenoxy) is 3. The zero-order chi connectivity index (χ0) is 18.0. The molecule has 0 atom stereocenters. The van der Waals surface area contributed by atoms with E-state index in [4.69, 9.17) is 14.2 Å². The van der Waals surface area contributed by atoms with Gasteiger partial charge in [0.2, 0.25) is 0 Å². The molecule has 0 saturated carbocycles. The van der Waals surface area contributed by atoms with Crippen molar-refractivity contribution in [3.63, 3.8) is 0 Å². The summed E-state index contributed by atoms with van der Waals surface area (Å²) in [6.07, 6.45) is 2.97. The van der Waals surface area contributed by atoms with Crippen LogP contribution in [0, 0.1) is 0 Å². The van der Waals surface area contributed by atoms with E-state index < -0.39 is 0 Å². The van der Waals surface area contributed by atoms with Gasteiger partial charge in [-0.2, -0.15) is 0 Å². The first-order chi connectivity index (χ1) is 12.4. The second-order valence-electron chi connectivity index (χ2n) is 5.51. The lowest BCUT2D eigenvalue weighted by molar-refractivity contribution is 0.0689. The number of methoxy groups -OCH3 is 1. The quantitative estimate of drug-likeness (QED) is 0.186. The number of halogens is 1. The molecule has 0 amide bonds. The van der Waals surface area contributed by atoms with Gasteiger partial charge in [0, 0.05) is 39.8 Å². The monoisotopic (exact) mass is 479 g/mol. The van der Waals surface area contributed by atoms with Crippen LogP contribution in [0.5, 0.6) is 5.75 Å². The molecular formula is C19H34IN3O3. The third-order valence-corrected chi connectivity index (χ3v) is 3.37. The highest BCUT2D eigenvalue weighted by Gasteiger charge is 1.97. The molecule has 0 aliphatic carbocycles. The number of benzene rings is 1. The lowest BCUT2D eigenvalue weighted by atomic mass is 10.3. The Kier molecular flexibility index (Phi) is 18.0. The normalized spacial score (nSPS) is 10.9. The van der Waals surface area contributed by atoms with Crippen molar-refractivity contribution >= 4 is 29.9 Å². The Morgan fingerprint density at radius 3 is 2.50 bits per heavy atom. The third-order valence-electron chi connectivity index (χ3n) is 3.37. The van der Waals surface area contributed by atoms with Crippen molar-refractivity contribution in [2.45, 2.75) is 26.2 Å². The molecule has 0 aromatic heterocycles. The molecule has 1 aromatic rings. The van der Waals surface area contributed by atoms with Crippen molar-refractivity contribution in [2.24, 2.45) is 4.99 Å². The van der Waals surface area contributed by atoms with E-state index >= 15 is 0 Å². The van der Waals surface area contributed by atoms with Crippen LogP contribution in [-0.2, 0) is 9.47 Å². The fourth-order valence-corrected chi connectivity index (χ4v) is 2.08. The molecule has 6 nitrogen and oxygen atoms in total. The Morgan fingerprint density at radius 1 is 0.962 bits per heavy atom. The standard InChI is InChI=1S/C19H33N3O3.HI/c1-3-20-19(21-12-7-8-14-24-17-16-23-2)22-13-9-15-25-18-10-5-4-6-11-18;/h4-6,10-11H,3,7-9,12-17H2,1-2H3,(H2,20,21,22);1H. The van der Waals surface area contributed by atoms with Crippen LogP contribution < -0.4 is 15.4 Å². The molecule has 0 saturated heterocycles. The molecule has 0 radical (unpaired) electrons. The minimum atomic E-state index is 0. The topological polar surface area (TPSA) is 64.1 Å². The molecule has 1 aromatic carbocycles. The van der Waals surface area contributed by atoms with Gasteiger partial charge in [0.15, 0.2) is 5.96 Å². The smallest absolute Gasteiger partial charge is 0.191 e. The third kappa shape index (κ3) is 14.1. The largest absolute Gasteiger partial charge is 0.494 e. The maximum Gasteiger partial charge on any atom is 0.191 e. The van der Waals surface area contributed by atoms with Gasteiger partial charge in [-0.1, -0.05) is 18.2 Å². The van der Waals surface area contributed by atoms with Gasteiger partial charge < -0.3 is 24.8 Å². The minimum Gasteiger partial charge on any atom is -0.494 e. The summed E-state index contributed by atoms with van der Waals surface area (Å²) in [5, 5.41) is 6.61. The van der Waals surface area contributed by atoms with Gasteiger partial charge in [0.1, 0.15) is 5.75 Å². The van der Waals surface area contributed by atoms with Gasteiger partial charge in [-0.3, -0.25) is 4.99 Å². The second kappa shape index (κ2) is 18.7. The number of hydrogen-bond acceptors (Lipinski definition) is 4. The first kappa shape index (κ1) is 24.9. The molecule has 0 unspecified atom stereocenters. The number of para-hydroxylation sites is 1. The number of aliphatic imine (C=N–C) groups is 1. The molecule has 0 fully saturated rings. The molecule has 2 N–H and O–H groups in total. The number of rotatable bonds is 14. The van der Waals surface area contributed by atoms with Crippen LogP contribution in [0.25, 0.3) is 0 Å². The average molecular weight is 479 g/mol. The van der Waals surface area contributed by atoms with Crippen LogP contribution in [-0.4, -0.2) is 59.1 Å². The Hall–Kier alpha value is -1.06. The highest BCUT2D eigenvalue weighted by molar-refractivity contribution is 14.0. The van der Waals surface area contributed by atoms with Crippen molar-refractivity contribution in [2.75, 3.05) is 53.2 Å². The molecule has 0 bridgehead atoms. The predicted molar refractivity (Wildman–Crippen MR) is 118 cm³/mol. The van der Waals surface area contributed by atoms with Gasteiger partial charge in [-0.05, 0) is 31.9 Å². The Labute approximate surface area is 175 Å². The maximum absolute atomic E-state index is 5.67. The van der Waals surface area contributed by atoms with Gasteiger partial charge in [0.05, 0.1) is 19.8 Å². The molecule has 0 heterocycles. The lowest BCUT2D eigenvalue weighted by Gasteiger charge is -2.11. The van der Waals surface area contributed by atoms with E-state index in [0.29, 0.717) is 19.8 Å². The van der Waals surface area contributed by atoms with Gasteiger partial charge in [-0.15, -0.1) is 24.0 Å². The van der Waals surface area contributed by atoms with E-state index in [9.17, 15) is 0 Å². The fourth-order valence-electron chi connectivity index (χ4n) is 2.08. The predicted octanol–water partition coefficient (Wildman–Crippen LogP) is 3.07. The van der Waals surface area contributed by atoms with Crippen LogP contribution in [0.2, 0.25) is 0 Å². The number of guanidine groups is 1. The molecule has 0 aliphatic heterocycles. The summed E-state index contributed by atoms with van der Waals surface area (Å²) < 4.78 is 16.1. The van der Waals surface area contributed by atoms with E-state index in [1.165, 1.54) is 0 Å².